The molecule has 1 heterocycles. The molecule has 0 aliphatic carbocycles. The summed E-state index contributed by atoms with van der Waals surface area (Å²) in [7, 11) is 7.51. The maximum absolute atomic E-state index is 4.32. The number of halogens is 1. The van der Waals surface area contributed by atoms with E-state index in [4.69, 9.17) is 0 Å². The number of nitrogens with one attached hydrogen (secondary N) is 1. The molecule has 0 aliphatic rings. The van der Waals surface area contributed by atoms with Crippen molar-refractivity contribution in [2.75, 3.05) is 28.2 Å². The van der Waals surface area contributed by atoms with Gasteiger partial charge in [0, 0.05) is 57.7 Å². The van der Waals surface area contributed by atoms with Gasteiger partial charge in [-0.3, -0.25) is 15.0 Å². The number of hydrazone groups is 1. The lowest BCUT2D eigenvalue weighted by Crippen LogP contribution is -2.29. The molecule has 1 rings (SSSR count). The summed E-state index contributed by atoms with van der Waals surface area (Å²) in [4.78, 5) is 10.3. The predicted molar refractivity (Wildman–Crippen MR) is 101 cm³/mol. The maximum atomic E-state index is 4.32. The molecule has 23 heavy (non-hydrogen) atoms. The third kappa shape index (κ3) is 7.10. The van der Waals surface area contributed by atoms with Gasteiger partial charge in [0.1, 0.15) is 11.7 Å². The monoisotopic (exact) mass is 378 g/mol. The molecule has 0 radical (unpaired) electrons. The minimum Gasteiger partial charge on any atom is -0.366 e. The highest BCUT2D eigenvalue weighted by Gasteiger charge is 2.07. The Morgan fingerprint density at radius 1 is 1.43 bits per heavy atom. The third-order valence-electron chi connectivity index (χ3n) is 2.87. The molecule has 0 atom stereocenters. The molecule has 1 N–H and O–H groups in total. The molecule has 0 unspecified atom stereocenters. The quantitative estimate of drug-likeness (QED) is 0.449. The van der Waals surface area contributed by atoms with E-state index in [2.05, 4.69) is 42.9 Å². The molecule has 1 aromatic rings. The summed E-state index contributed by atoms with van der Waals surface area (Å²) in [6.07, 6.45) is 7.16. The molecule has 0 saturated heterocycles. The van der Waals surface area contributed by atoms with Crippen LogP contribution < -0.4 is 5.32 Å². The normalized spacial score (nSPS) is 12.4. The Hall–Kier alpha value is -2.15. The zero-order valence-electron chi connectivity index (χ0n) is 14.0. The Balaban J connectivity index is 2.95. The van der Waals surface area contributed by atoms with Gasteiger partial charge in [-0.25, -0.2) is 0 Å². The van der Waals surface area contributed by atoms with Crippen LogP contribution in [-0.4, -0.2) is 55.1 Å². The first-order chi connectivity index (χ1) is 10.9. The van der Waals surface area contributed by atoms with E-state index in [1.807, 2.05) is 50.4 Å². The van der Waals surface area contributed by atoms with E-state index in [0.29, 0.717) is 11.0 Å². The van der Waals surface area contributed by atoms with Crippen molar-refractivity contribution < 1.29 is 0 Å². The van der Waals surface area contributed by atoms with Gasteiger partial charge in [-0.2, -0.15) is 5.10 Å². The molecule has 0 bridgehead atoms. The van der Waals surface area contributed by atoms with Crippen molar-refractivity contribution in [3.8, 4) is 0 Å². The first-order valence-corrected chi connectivity index (χ1v) is 7.84. The number of pyridine rings is 1. The van der Waals surface area contributed by atoms with E-state index in [0.717, 1.165) is 17.2 Å². The predicted octanol–water partition coefficient (Wildman–Crippen LogP) is 2.43. The highest BCUT2D eigenvalue weighted by Crippen LogP contribution is 2.05. The zero-order chi connectivity index (χ0) is 17.2. The van der Waals surface area contributed by atoms with Gasteiger partial charge in [-0.15, -0.1) is 0 Å². The molecule has 0 aromatic carbocycles. The second kappa shape index (κ2) is 9.78. The Morgan fingerprint density at radius 3 is 2.70 bits per heavy atom. The molecule has 124 valence electrons. The number of hydrogen-bond donors (Lipinski definition) is 1. The maximum Gasteiger partial charge on any atom is 0.126 e. The summed E-state index contributed by atoms with van der Waals surface area (Å²) in [6.45, 7) is 4.38. The van der Waals surface area contributed by atoms with E-state index in [9.17, 15) is 0 Å². The van der Waals surface area contributed by atoms with Crippen LogP contribution in [0.5, 0.6) is 0 Å². The van der Waals surface area contributed by atoms with Crippen molar-refractivity contribution >= 4 is 28.0 Å². The highest BCUT2D eigenvalue weighted by atomic mass is 79.9. The Kier molecular flexibility index (Phi) is 8.04. The SMILES string of the molecule is C=C(Br)/C=N\N(C)/C(=C\C(=NC)N(C)C)NCc1cccnc1. The van der Waals surface area contributed by atoms with Crippen LogP contribution in [0.3, 0.4) is 0 Å². The lowest BCUT2D eigenvalue weighted by molar-refractivity contribution is 0.407. The van der Waals surface area contributed by atoms with Crippen LogP contribution in [0.2, 0.25) is 0 Å². The number of likely N-dealkylation sites (N-methyl/N-ethyl adjacent to an activating group) is 1. The number of nitrogens with zero attached hydrogens (tertiary/aromatic N) is 5. The Bertz CT molecular complexity index is 592. The van der Waals surface area contributed by atoms with Crippen LogP contribution >= 0.6 is 15.9 Å². The van der Waals surface area contributed by atoms with Gasteiger partial charge in [-0.05, 0) is 27.6 Å². The minimum absolute atomic E-state index is 0.638. The summed E-state index contributed by atoms with van der Waals surface area (Å²) < 4.78 is 0.702. The largest absolute Gasteiger partial charge is 0.366 e. The van der Waals surface area contributed by atoms with Gasteiger partial charge in [0.05, 0.1) is 6.21 Å². The van der Waals surface area contributed by atoms with Gasteiger partial charge in [-0.1, -0.05) is 12.6 Å². The number of rotatable bonds is 7. The smallest absolute Gasteiger partial charge is 0.126 e. The van der Waals surface area contributed by atoms with Gasteiger partial charge in [0.15, 0.2) is 0 Å². The topological polar surface area (TPSA) is 56.1 Å². The first kappa shape index (κ1) is 18.9. The van der Waals surface area contributed by atoms with Crippen LogP contribution in [-0.2, 0) is 6.54 Å². The van der Waals surface area contributed by atoms with Crippen molar-refractivity contribution in [1.29, 1.82) is 0 Å². The molecule has 0 spiro atoms. The molecule has 0 fully saturated rings. The lowest BCUT2D eigenvalue weighted by atomic mass is 10.3. The number of aromatic nitrogens is 1. The summed E-state index contributed by atoms with van der Waals surface area (Å²) in [5.74, 6) is 1.64. The van der Waals surface area contributed by atoms with Crippen LogP contribution in [0, 0.1) is 0 Å². The van der Waals surface area contributed by atoms with E-state index >= 15 is 0 Å². The minimum atomic E-state index is 0.638. The van der Waals surface area contributed by atoms with E-state index in [1.165, 1.54) is 0 Å². The third-order valence-corrected chi connectivity index (χ3v) is 3.07. The lowest BCUT2D eigenvalue weighted by Gasteiger charge is -2.21. The average molecular weight is 379 g/mol. The summed E-state index contributed by atoms with van der Waals surface area (Å²) in [5, 5.41) is 9.42. The van der Waals surface area contributed by atoms with Crippen LogP contribution in [0.1, 0.15) is 5.56 Å². The Morgan fingerprint density at radius 2 is 2.17 bits per heavy atom. The van der Waals surface area contributed by atoms with Crippen LogP contribution in [0.25, 0.3) is 0 Å². The molecule has 0 aliphatic heterocycles. The Labute approximate surface area is 146 Å². The fourth-order valence-corrected chi connectivity index (χ4v) is 1.77. The first-order valence-electron chi connectivity index (χ1n) is 7.04. The van der Waals surface area contributed by atoms with E-state index < -0.39 is 0 Å². The van der Waals surface area contributed by atoms with Gasteiger partial charge < -0.3 is 10.2 Å². The van der Waals surface area contributed by atoms with Gasteiger partial charge in [0.25, 0.3) is 0 Å². The van der Waals surface area contributed by atoms with Crippen molar-refractivity contribution in [3.63, 3.8) is 0 Å². The highest BCUT2D eigenvalue weighted by molar-refractivity contribution is 9.12. The van der Waals surface area contributed by atoms with E-state index in [-0.39, 0.29) is 0 Å². The summed E-state index contributed by atoms with van der Waals surface area (Å²) >= 11 is 3.26. The molecule has 1 aromatic heterocycles. The van der Waals surface area contributed by atoms with Crippen molar-refractivity contribution in [2.45, 2.75) is 6.54 Å². The molecule has 0 amide bonds. The van der Waals surface area contributed by atoms with Gasteiger partial charge in [0.2, 0.25) is 0 Å². The average Bonchev–Trinajstić information content (AvgIpc) is 2.53. The molecular formula is C16H23BrN6. The fourth-order valence-electron chi connectivity index (χ4n) is 1.68. The van der Waals surface area contributed by atoms with Crippen LogP contribution in [0.15, 0.2) is 57.6 Å². The van der Waals surface area contributed by atoms with Crippen molar-refractivity contribution in [3.05, 3.63) is 53.0 Å². The second-order valence-corrected chi connectivity index (χ2v) is 5.95. The number of amidine groups is 1. The standard InChI is InChI=1S/C16H23BrN6/c1-13(17)10-21-23(5)16(9-15(18-2)22(3)4)20-12-14-7-6-8-19-11-14/h6-11,20H,1,12H2,2-5H3/b16-9-,18-15?,21-10-. The molecular weight excluding hydrogens is 356 g/mol. The zero-order valence-corrected chi connectivity index (χ0v) is 15.6. The number of hydrogen-bond acceptors (Lipinski definition) is 5. The van der Waals surface area contributed by atoms with E-state index in [1.54, 1.807) is 24.5 Å². The number of aliphatic imine (C=N–C) groups is 1. The summed E-state index contributed by atoms with van der Waals surface area (Å²) in [5.41, 5.74) is 1.08. The second-order valence-electron chi connectivity index (χ2n) is 4.94. The fraction of sp³-hybridized carbons (Fsp3) is 0.312. The molecule has 7 heteroatoms. The van der Waals surface area contributed by atoms with Crippen LogP contribution in [0.4, 0.5) is 0 Å². The van der Waals surface area contributed by atoms with Crippen molar-refractivity contribution in [2.24, 2.45) is 10.1 Å². The molecule has 0 saturated carbocycles. The van der Waals surface area contributed by atoms with Gasteiger partial charge >= 0.3 is 0 Å². The number of allylic oxidation sites excluding steroid dienone is 1. The molecule has 6 nitrogen and oxygen atoms in total. The summed E-state index contributed by atoms with van der Waals surface area (Å²) in [6, 6.07) is 3.93. The van der Waals surface area contributed by atoms with Crippen molar-refractivity contribution in [1.82, 2.24) is 20.2 Å².